The van der Waals surface area contributed by atoms with Crippen LogP contribution in [0.25, 0.3) is 10.8 Å². The van der Waals surface area contributed by atoms with E-state index in [1.54, 1.807) is 0 Å². The SMILES string of the molecule is Cl.O=C(CCC1CCNC1)N1CCCC1c1cccc2ccccc12. The standard InChI is InChI=1S/C21H26N2O.ClH/c24-21(11-10-16-12-13-22-15-16)23-14-4-9-20(23)19-8-3-6-17-5-1-2-7-18(17)19;/h1-3,5-8,16,20,22H,4,9-15H2;1H. The fourth-order valence-corrected chi connectivity index (χ4v) is 4.36. The van der Waals surface area contributed by atoms with Gasteiger partial charge in [-0.1, -0.05) is 42.5 Å². The van der Waals surface area contributed by atoms with Gasteiger partial charge in [-0.2, -0.15) is 0 Å². The molecule has 0 aromatic heterocycles. The summed E-state index contributed by atoms with van der Waals surface area (Å²) in [6, 6.07) is 15.3. The molecule has 2 unspecified atom stereocenters. The second kappa shape index (κ2) is 8.20. The van der Waals surface area contributed by atoms with Gasteiger partial charge in [0.05, 0.1) is 6.04 Å². The maximum atomic E-state index is 12.8. The molecular weight excluding hydrogens is 332 g/mol. The molecule has 4 rings (SSSR count). The van der Waals surface area contributed by atoms with Crippen LogP contribution in [0.4, 0.5) is 0 Å². The fraction of sp³-hybridized carbons (Fsp3) is 0.476. The van der Waals surface area contributed by atoms with E-state index < -0.39 is 0 Å². The zero-order valence-electron chi connectivity index (χ0n) is 14.6. The van der Waals surface area contributed by atoms with Crippen molar-refractivity contribution in [1.82, 2.24) is 10.2 Å². The summed E-state index contributed by atoms with van der Waals surface area (Å²) in [5.74, 6) is 1.03. The van der Waals surface area contributed by atoms with Crippen LogP contribution in [0.5, 0.6) is 0 Å². The van der Waals surface area contributed by atoms with E-state index in [0.717, 1.165) is 38.9 Å². The van der Waals surface area contributed by atoms with E-state index in [1.807, 2.05) is 0 Å². The smallest absolute Gasteiger partial charge is 0.223 e. The largest absolute Gasteiger partial charge is 0.336 e. The van der Waals surface area contributed by atoms with Crippen molar-refractivity contribution in [1.29, 1.82) is 0 Å². The molecule has 2 aromatic carbocycles. The lowest BCUT2D eigenvalue weighted by atomic mass is 9.96. The first-order valence-corrected chi connectivity index (χ1v) is 9.31. The molecule has 0 bridgehead atoms. The van der Waals surface area contributed by atoms with Gasteiger partial charge in [-0.3, -0.25) is 4.79 Å². The van der Waals surface area contributed by atoms with Crippen LogP contribution < -0.4 is 5.32 Å². The van der Waals surface area contributed by atoms with E-state index in [9.17, 15) is 4.79 Å². The predicted octanol–water partition coefficient (Wildman–Crippen LogP) is 4.31. The van der Waals surface area contributed by atoms with Gasteiger partial charge in [0.25, 0.3) is 0 Å². The van der Waals surface area contributed by atoms with E-state index in [-0.39, 0.29) is 18.4 Å². The van der Waals surface area contributed by atoms with Crippen molar-refractivity contribution in [3.8, 4) is 0 Å². The van der Waals surface area contributed by atoms with Crippen molar-refractivity contribution in [2.45, 2.75) is 38.1 Å². The monoisotopic (exact) mass is 358 g/mol. The van der Waals surface area contributed by atoms with Gasteiger partial charge in [-0.25, -0.2) is 0 Å². The Hall–Kier alpha value is -1.58. The van der Waals surface area contributed by atoms with E-state index >= 15 is 0 Å². The molecule has 0 spiro atoms. The molecule has 25 heavy (non-hydrogen) atoms. The number of nitrogens with zero attached hydrogens (tertiary/aromatic N) is 1. The number of likely N-dealkylation sites (tertiary alicyclic amines) is 1. The Kier molecular flexibility index (Phi) is 5.98. The number of fused-ring (bicyclic) bond motifs is 1. The number of hydrogen-bond acceptors (Lipinski definition) is 2. The van der Waals surface area contributed by atoms with Crippen LogP contribution in [0.15, 0.2) is 42.5 Å². The molecule has 2 atom stereocenters. The van der Waals surface area contributed by atoms with Gasteiger partial charge in [0.2, 0.25) is 5.91 Å². The molecule has 2 aliphatic rings. The second-order valence-electron chi connectivity index (χ2n) is 7.21. The Morgan fingerprint density at radius 1 is 1.12 bits per heavy atom. The van der Waals surface area contributed by atoms with Gasteiger partial charge in [0.15, 0.2) is 0 Å². The highest BCUT2D eigenvalue weighted by molar-refractivity contribution is 5.87. The summed E-state index contributed by atoms with van der Waals surface area (Å²) in [6.45, 7) is 3.11. The first-order chi connectivity index (χ1) is 11.8. The fourth-order valence-electron chi connectivity index (χ4n) is 4.36. The summed E-state index contributed by atoms with van der Waals surface area (Å²) < 4.78 is 0. The van der Waals surface area contributed by atoms with Crippen molar-refractivity contribution < 1.29 is 4.79 Å². The molecule has 4 heteroatoms. The van der Waals surface area contributed by atoms with E-state index in [1.165, 1.54) is 22.8 Å². The maximum absolute atomic E-state index is 12.8. The van der Waals surface area contributed by atoms with Gasteiger partial charge in [0.1, 0.15) is 0 Å². The van der Waals surface area contributed by atoms with Crippen molar-refractivity contribution >= 4 is 29.1 Å². The second-order valence-corrected chi connectivity index (χ2v) is 7.21. The third kappa shape index (κ3) is 3.83. The molecule has 2 fully saturated rings. The lowest BCUT2D eigenvalue weighted by Crippen LogP contribution is -2.31. The van der Waals surface area contributed by atoms with Crippen LogP contribution in [0, 0.1) is 5.92 Å². The topological polar surface area (TPSA) is 32.3 Å². The van der Waals surface area contributed by atoms with Crippen LogP contribution in [-0.4, -0.2) is 30.4 Å². The van der Waals surface area contributed by atoms with E-state index in [2.05, 4.69) is 52.7 Å². The number of carbonyl (C=O) groups is 1. The van der Waals surface area contributed by atoms with Crippen molar-refractivity contribution in [3.05, 3.63) is 48.0 Å². The molecule has 0 saturated carbocycles. The summed E-state index contributed by atoms with van der Waals surface area (Å²) >= 11 is 0. The zero-order chi connectivity index (χ0) is 16.4. The lowest BCUT2D eigenvalue weighted by molar-refractivity contribution is -0.132. The molecular formula is C21H27ClN2O. The molecule has 3 nitrogen and oxygen atoms in total. The minimum atomic E-state index is 0. The summed E-state index contributed by atoms with van der Waals surface area (Å²) in [5, 5.41) is 5.96. The number of benzene rings is 2. The van der Waals surface area contributed by atoms with Crippen molar-refractivity contribution in [2.24, 2.45) is 5.92 Å². The number of halogens is 1. The van der Waals surface area contributed by atoms with Gasteiger partial charge >= 0.3 is 0 Å². The van der Waals surface area contributed by atoms with E-state index in [4.69, 9.17) is 0 Å². The number of nitrogens with one attached hydrogen (secondary N) is 1. The predicted molar refractivity (Wildman–Crippen MR) is 105 cm³/mol. The lowest BCUT2D eigenvalue weighted by Gasteiger charge is -2.26. The van der Waals surface area contributed by atoms with Gasteiger partial charge in [0, 0.05) is 13.0 Å². The van der Waals surface area contributed by atoms with Gasteiger partial charge < -0.3 is 10.2 Å². The number of carbonyl (C=O) groups excluding carboxylic acids is 1. The Morgan fingerprint density at radius 2 is 1.96 bits per heavy atom. The average molecular weight is 359 g/mol. The van der Waals surface area contributed by atoms with Crippen LogP contribution in [-0.2, 0) is 4.79 Å². The van der Waals surface area contributed by atoms with Crippen molar-refractivity contribution in [2.75, 3.05) is 19.6 Å². The number of hydrogen-bond donors (Lipinski definition) is 1. The molecule has 2 aliphatic heterocycles. The highest BCUT2D eigenvalue weighted by Gasteiger charge is 2.31. The Balaban J connectivity index is 0.00000182. The van der Waals surface area contributed by atoms with Crippen LogP contribution in [0.1, 0.15) is 43.7 Å². The summed E-state index contributed by atoms with van der Waals surface area (Å²) in [7, 11) is 0. The molecule has 1 N–H and O–H groups in total. The van der Waals surface area contributed by atoms with E-state index in [0.29, 0.717) is 18.2 Å². The molecule has 1 amide bonds. The number of rotatable bonds is 4. The third-order valence-electron chi connectivity index (χ3n) is 5.68. The minimum Gasteiger partial charge on any atom is -0.336 e. The van der Waals surface area contributed by atoms with Crippen LogP contribution >= 0.6 is 12.4 Å². The minimum absolute atomic E-state index is 0. The van der Waals surface area contributed by atoms with Gasteiger partial charge in [-0.15, -0.1) is 12.4 Å². The number of amides is 1. The summed E-state index contributed by atoms with van der Waals surface area (Å²) in [6.07, 6.45) is 5.16. The normalized spacial score (nSPS) is 23.0. The highest BCUT2D eigenvalue weighted by atomic mass is 35.5. The molecule has 2 saturated heterocycles. The quantitative estimate of drug-likeness (QED) is 0.883. The zero-order valence-corrected chi connectivity index (χ0v) is 15.4. The Labute approximate surface area is 156 Å². The maximum Gasteiger partial charge on any atom is 0.223 e. The third-order valence-corrected chi connectivity index (χ3v) is 5.68. The highest BCUT2D eigenvalue weighted by Crippen LogP contribution is 2.36. The van der Waals surface area contributed by atoms with Crippen molar-refractivity contribution in [3.63, 3.8) is 0 Å². The van der Waals surface area contributed by atoms with Gasteiger partial charge in [-0.05, 0) is 61.0 Å². The first-order valence-electron chi connectivity index (χ1n) is 9.31. The molecule has 134 valence electrons. The molecule has 2 aromatic rings. The first kappa shape index (κ1) is 18.2. The van der Waals surface area contributed by atoms with Crippen LogP contribution in [0.2, 0.25) is 0 Å². The Bertz CT molecular complexity index is 721. The van der Waals surface area contributed by atoms with Crippen LogP contribution in [0.3, 0.4) is 0 Å². The molecule has 0 radical (unpaired) electrons. The Morgan fingerprint density at radius 3 is 2.80 bits per heavy atom. The average Bonchev–Trinajstić information content (AvgIpc) is 3.31. The summed E-state index contributed by atoms with van der Waals surface area (Å²) in [4.78, 5) is 15.0. The molecule has 0 aliphatic carbocycles. The summed E-state index contributed by atoms with van der Waals surface area (Å²) in [5.41, 5.74) is 1.32. The molecule has 2 heterocycles.